The molecule has 1 amide bonds. The minimum atomic E-state index is -0.0856. The van der Waals surface area contributed by atoms with Gasteiger partial charge >= 0.3 is 0 Å². The van der Waals surface area contributed by atoms with Crippen molar-refractivity contribution in [3.05, 3.63) is 29.0 Å². The highest BCUT2D eigenvalue weighted by Gasteiger charge is 2.31. The predicted octanol–water partition coefficient (Wildman–Crippen LogP) is 3.30. The van der Waals surface area contributed by atoms with Crippen LogP contribution in [0.1, 0.15) is 42.5 Å². The van der Waals surface area contributed by atoms with Crippen LogP contribution in [0.3, 0.4) is 0 Å². The minimum absolute atomic E-state index is 0.00701. The number of guanidine groups is 1. The van der Waals surface area contributed by atoms with Crippen molar-refractivity contribution in [2.75, 3.05) is 0 Å². The third kappa shape index (κ3) is 2.92. The fourth-order valence-corrected chi connectivity index (χ4v) is 3.50. The molecule has 1 saturated carbocycles. The van der Waals surface area contributed by atoms with E-state index >= 15 is 0 Å². The maximum Gasteiger partial charge on any atom is 0.253 e. The molecule has 2 heterocycles. The van der Waals surface area contributed by atoms with E-state index in [1.807, 2.05) is 13.0 Å². The Morgan fingerprint density at radius 1 is 1.12 bits per heavy atom. The van der Waals surface area contributed by atoms with E-state index in [-0.39, 0.29) is 11.8 Å². The van der Waals surface area contributed by atoms with Crippen LogP contribution in [-0.4, -0.2) is 27.5 Å². The first-order chi connectivity index (χ1) is 12.0. The van der Waals surface area contributed by atoms with E-state index in [9.17, 15) is 4.79 Å². The second-order valence-corrected chi connectivity index (χ2v) is 6.89. The molecule has 128 valence electrons. The van der Waals surface area contributed by atoms with Gasteiger partial charge in [-0.3, -0.25) is 10.1 Å². The lowest BCUT2D eigenvalue weighted by atomic mass is 9.86. The predicted molar refractivity (Wildman–Crippen MR) is 98.4 cm³/mol. The molecule has 0 bridgehead atoms. The number of rotatable bonds is 1. The second kappa shape index (κ2) is 6.02. The van der Waals surface area contributed by atoms with Crippen LogP contribution < -0.4 is 5.32 Å². The summed E-state index contributed by atoms with van der Waals surface area (Å²) in [6, 6.07) is 4.15. The first-order valence-corrected chi connectivity index (χ1v) is 8.74. The van der Waals surface area contributed by atoms with Crippen LogP contribution in [0.25, 0.3) is 10.9 Å². The zero-order chi connectivity index (χ0) is 17.6. The number of nitrogens with one attached hydrogen (secondary N) is 1. The average molecular weight is 335 g/mol. The number of hydrogen-bond donors (Lipinski definition) is 1. The van der Waals surface area contributed by atoms with Gasteiger partial charge in [0.25, 0.3) is 5.95 Å². The smallest absolute Gasteiger partial charge is 0.253 e. The molecule has 1 aromatic heterocycles. The summed E-state index contributed by atoms with van der Waals surface area (Å²) < 4.78 is 0. The van der Waals surface area contributed by atoms with Crippen molar-refractivity contribution in [1.82, 2.24) is 15.3 Å². The van der Waals surface area contributed by atoms with E-state index in [0.717, 1.165) is 48.0 Å². The van der Waals surface area contributed by atoms with Gasteiger partial charge in [-0.25, -0.2) is 15.0 Å². The number of carbonyl (C=O) groups excluding carboxylic acids is 1. The normalized spacial score (nSPS) is 21.9. The molecule has 1 aliphatic carbocycles. The third-order valence-corrected chi connectivity index (χ3v) is 5.07. The third-order valence-electron chi connectivity index (χ3n) is 5.07. The molecule has 0 saturated heterocycles. The van der Waals surface area contributed by atoms with Gasteiger partial charge in [0.2, 0.25) is 11.9 Å². The molecule has 1 aromatic carbocycles. The van der Waals surface area contributed by atoms with Gasteiger partial charge in [-0.2, -0.15) is 4.99 Å². The maximum atomic E-state index is 12.3. The number of amides is 1. The zero-order valence-electron chi connectivity index (χ0n) is 14.8. The van der Waals surface area contributed by atoms with E-state index in [1.165, 1.54) is 11.1 Å². The van der Waals surface area contributed by atoms with E-state index in [4.69, 9.17) is 0 Å². The summed E-state index contributed by atoms with van der Waals surface area (Å²) in [5.41, 5.74) is 5.07. The van der Waals surface area contributed by atoms with Crippen LogP contribution in [0.15, 0.2) is 22.1 Å². The van der Waals surface area contributed by atoms with Crippen molar-refractivity contribution in [2.45, 2.75) is 46.5 Å². The molecule has 0 spiro atoms. The molecule has 2 aliphatic rings. The summed E-state index contributed by atoms with van der Waals surface area (Å²) in [6.45, 7) is 6.09. The molecular formula is C19H21N5O. The molecule has 6 nitrogen and oxygen atoms in total. The first kappa shape index (κ1) is 15.9. The van der Waals surface area contributed by atoms with Gasteiger partial charge in [0.1, 0.15) is 0 Å². The fourth-order valence-electron chi connectivity index (χ4n) is 3.50. The lowest BCUT2D eigenvalue weighted by molar-refractivity contribution is -0.122. The van der Waals surface area contributed by atoms with Crippen LogP contribution >= 0.6 is 0 Å². The Kier molecular flexibility index (Phi) is 3.82. The molecular weight excluding hydrogens is 314 g/mol. The summed E-state index contributed by atoms with van der Waals surface area (Å²) in [7, 11) is 0. The van der Waals surface area contributed by atoms with Crippen molar-refractivity contribution in [3.8, 4) is 0 Å². The fraction of sp³-hybridized carbons (Fsp3) is 0.421. The molecule has 6 heteroatoms. The maximum absolute atomic E-state index is 12.3. The van der Waals surface area contributed by atoms with Gasteiger partial charge in [-0.1, -0.05) is 6.42 Å². The van der Waals surface area contributed by atoms with E-state index in [0.29, 0.717) is 11.9 Å². The molecule has 1 N–H and O–H groups in total. The second-order valence-electron chi connectivity index (χ2n) is 6.89. The Morgan fingerprint density at radius 2 is 1.92 bits per heavy atom. The summed E-state index contributed by atoms with van der Waals surface area (Å²) >= 11 is 0. The molecule has 1 fully saturated rings. The Hall–Kier alpha value is -2.63. The number of hydrogen-bond acceptors (Lipinski definition) is 4. The Morgan fingerprint density at radius 3 is 2.76 bits per heavy atom. The van der Waals surface area contributed by atoms with Gasteiger partial charge in [0.15, 0.2) is 0 Å². The van der Waals surface area contributed by atoms with Gasteiger partial charge in [-0.05, 0) is 63.3 Å². The highest BCUT2D eigenvalue weighted by atomic mass is 16.2. The molecule has 2 aromatic rings. The lowest BCUT2D eigenvalue weighted by Crippen LogP contribution is -2.44. The van der Waals surface area contributed by atoms with E-state index in [2.05, 4.69) is 45.2 Å². The largest absolute Gasteiger partial charge is 0.294 e. The number of benzene rings is 1. The van der Waals surface area contributed by atoms with Gasteiger partial charge in [-0.15, -0.1) is 0 Å². The number of aromatic nitrogens is 2. The van der Waals surface area contributed by atoms with Crippen molar-refractivity contribution in [2.24, 2.45) is 15.9 Å². The first-order valence-electron chi connectivity index (χ1n) is 8.74. The topological polar surface area (TPSA) is 79.6 Å². The summed E-state index contributed by atoms with van der Waals surface area (Å²) in [4.78, 5) is 30.2. The Bertz CT molecular complexity index is 944. The quantitative estimate of drug-likeness (QED) is 0.868. The van der Waals surface area contributed by atoms with E-state index < -0.39 is 0 Å². The summed E-state index contributed by atoms with van der Waals surface area (Å²) in [5, 5.41) is 3.82. The number of carbonyl (C=O) groups is 1. The van der Waals surface area contributed by atoms with Crippen molar-refractivity contribution >= 4 is 34.4 Å². The summed E-state index contributed by atoms with van der Waals surface area (Å²) in [6.07, 6.45) is 3.91. The van der Waals surface area contributed by atoms with Crippen LogP contribution in [0.2, 0.25) is 0 Å². The number of nitrogens with zero attached hydrogens (tertiary/aromatic N) is 4. The number of aryl methyl sites for hydroxylation is 3. The zero-order valence-corrected chi connectivity index (χ0v) is 14.8. The number of aliphatic imine (C=N–C) groups is 2. The molecule has 1 atom stereocenters. The van der Waals surface area contributed by atoms with Crippen molar-refractivity contribution < 1.29 is 4.79 Å². The molecule has 1 unspecified atom stereocenters. The molecule has 1 aliphatic heterocycles. The molecule has 25 heavy (non-hydrogen) atoms. The lowest BCUT2D eigenvalue weighted by Gasteiger charge is -2.26. The number of fused-ring (bicyclic) bond motifs is 2. The SMILES string of the molecule is Cc1cc2nc(/N=C3/N=C4CCCCC4C(=O)N3)nc(C)c2cc1C. The minimum Gasteiger partial charge on any atom is -0.294 e. The van der Waals surface area contributed by atoms with Crippen molar-refractivity contribution in [3.63, 3.8) is 0 Å². The highest BCUT2D eigenvalue weighted by molar-refractivity contribution is 6.18. The van der Waals surface area contributed by atoms with Gasteiger partial charge < -0.3 is 0 Å². The van der Waals surface area contributed by atoms with Gasteiger partial charge in [0, 0.05) is 11.1 Å². The molecule has 4 rings (SSSR count). The van der Waals surface area contributed by atoms with Crippen LogP contribution in [0, 0.1) is 26.7 Å². The highest BCUT2D eigenvalue weighted by Crippen LogP contribution is 2.25. The van der Waals surface area contributed by atoms with Crippen LogP contribution in [-0.2, 0) is 4.79 Å². The summed E-state index contributed by atoms with van der Waals surface area (Å²) in [5.74, 6) is 0.549. The standard InChI is InChI=1S/C19H21N5O/c1-10-8-14-12(3)20-18(22-16(14)9-11(10)2)24-19-21-15-7-5-4-6-13(15)17(25)23-19/h8-9,13H,4-7H2,1-3H3,(H,20,22,23,24,25). The average Bonchev–Trinajstić information content (AvgIpc) is 2.57. The van der Waals surface area contributed by atoms with Crippen LogP contribution in [0.4, 0.5) is 5.95 Å². The van der Waals surface area contributed by atoms with Crippen molar-refractivity contribution in [1.29, 1.82) is 0 Å². The molecule has 0 radical (unpaired) electrons. The van der Waals surface area contributed by atoms with E-state index in [1.54, 1.807) is 0 Å². The van der Waals surface area contributed by atoms with Gasteiger partial charge in [0.05, 0.1) is 17.1 Å². The monoisotopic (exact) mass is 335 g/mol. The Labute approximate surface area is 146 Å². The Balaban J connectivity index is 1.76. The van der Waals surface area contributed by atoms with Crippen LogP contribution in [0.5, 0.6) is 0 Å².